The molecule has 0 aliphatic carbocycles. The van der Waals surface area contributed by atoms with Crippen LogP contribution in [0.1, 0.15) is 11.5 Å². The third kappa shape index (κ3) is 2.27. The number of fused-ring (bicyclic) bond motifs is 1. The second-order valence-electron chi connectivity index (χ2n) is 4.79. The molecule has 0 bridgehead atoms. The minimum Gasteiger partial charge on any atom is -0.353 e. The summed E-state index contributed by atoms with van der Waals surface area (Å²) in [6, 6.07) is 12.4. The number of nitrogens with zero attached hydrogens (tertiary/aromatic N) is 3. The van der Waals surface area contributed by atoms with Crippen LogP contribution in [0.15, 0.2) is 42.6 Å². The average molecular weight is 254 g/mol. The topological polar surface area (TPSA) is 34.8 Å². The van der Waals surface area contributed by atoms with Gasteiger partial charge in [-0.1, -0.05) is 12.1 Å². The van der Waals surface area contributed by atoms with E-state index in [2.05, 4.69) is 64.0 Å². The van der Waals surface area contributed by atoms with Gasteiger partial charge < -0.3 is 14.5 Å². The van der Waals surface area contributed by atoms with Crippen LogP contribution in [0.25, 0.3) is 11.0 Å². The van der Waals surface area contributed by atoms with Gasteiger partial charge in [-0.25, -0.2) is 4.98 Å². The molecule has 0 atom stereocenters. The van der Waals surface area contributed by atoms with Crippen molar-refractivity contribution >= 4 is 11.0 Å². The quantitative estimate of drug-likeness (QED) is 0.774. The number of aryl methyl sites for hydroxylation is 2. The van der Waals surface area contributed by atoms with Crippen molar-refractivity contribution in [3.05, 3.63) is 54.1 Å². The number of para-hydroxylation sites is 2. The van der Waals surface area contributed by atoms with Crippen molar-refractivity contribution < 1.29 is 0 Å². The fourth-order valence-corrected chi connectivity index (χ4v) is 2.34. The SMILES string of the molecule is Cn1cccc1CNCc1nc2ccccc2n1C. The van der Waals surface area contributed by atoms with Gasteiger partial charge in [-0.3, -0.25) is 0 Å². The highest BCUT2D eigenvalue weighted by atomic mass is 15.1. The van der Waals surface area contributed by atoms with Gasteiger partial charge >= 0.3 is 0 Å². The predicted octanol–water partition coefficient (Wildman–Crippen LogP) is 2.20. The molecule has 0 saturated heterocycles. The highest BCUT2D eigenvalue weighted by molar-refractivity contribution is 5.75. The molecule has 0 spiro atoms. The molecule has 19 heavy (non-hydrogen) atoms. The molecule has 0 aliphatic heterocycles. The zero-order valence-electron chi connectivity index (χ0n) is 11.3. The van der Waals surface area contributed by atoms with Crippen LogP contribution in [0.3, 0.4) is 0 Å². The summed E-state index contributed by atoms with van der Waals surface area (Å²) in [5, 5.41) is 3.44. The van der Waals surface area contributed by atoms with Gasteiger partial charge in [-0.15, -0.1) is 0 Å². The summed E-state index contributed by atoms with van der Waals surface area (Å²) in [4.78, 5) is 4.65. The van der Waals surface area contributed by atoms with Crippen LogP contribution in [0, 0.1) is 0 Å². The van der Waals surface area contributed by atoms with Crippen LogP contribution in [0.4, 0.5) is 0 Å². The second-order valence-corrected chi connectivity index (χ2v) is 4.79. The zero-order chi connectivity index (χ0) is 13.2. The Balaban J connectivity index is 1.72. The van der Waals surface area contributed by atoms with Crippen LogP contribution >= 0.6 is 0 Å². The van der Waals surface area contributed by atoms with Crippen LogP contribution in [-0.2, 0) is 27.2 Å². The molecule has 0 radical (unpaired) electrons. The van der Waals surface area contributed by atoms with Crippen LogP contribution in [0.2, 0.25) is 0 Å². The van der Waals surface area contributed by atoms with Gasteiger partial charge in [0.05, 0.1) is 17.6 Å². The van der Waals surface area contributed by atoms with E-state index >= 15 is 0 Å². The zero-order valence-corrected chi connectivity index (χ0v) is 11.3. The number of benzene rings is 1. The maximum atomic E-state index is 4.65. The largest absolute Gasteiger partial charge is 0.353 e. The van der Waals surface area contributed by atoms with Gasteiger partial charge in [0, 0.05) is 32.5 Å². The van der Waals surface area contributed by atoms with Gasteiger partial charge in [-0.05, 0) is 24.3 Å². The summed E-state index contributed by atoms with van der Waals surface area (Å²) in [7, 11) is 4.13. The maximum absolute atomic E-state index is 4.65. The first-order valence-corrected chi connectivity index (χ1v) is 6.47. The lowest BCUT2D eigenvalue weighted by atomic mass is 10.3. The monoisotopic (exact) mass is 254 g/mol. The van der Waals surface area contributed by atoms with E-state index in [9.17, 15) is 0 Å². The fourth-order valence-electron chi connectivity index (χ4n) is 2.34. The number of imidazole rings is 1. The Hall–Kier alpha value is -2.07. The molecule has 0 aliphatic rings. The second kappa shape index (κ2) is 4.90. The Morgan fingerprint density at radius 2 is 1.89 bits per heavy atom. The first-order valence-electron chi connectivity index (χ1n) is 6.47. The van der Waals surface area contributed by atoms with E-state index in [1.54, 1.807) is 0 Å². The molecule has 4 heteroatoms. The first-order chi connectivity index (χ1) is 9.25. The lowest BCUT2D eigenvalue weighted by Crippen LogP contribution is -2.17. The number of rotatable bonds is 4. The van der Waals surface area contributed by atoms with E-state index in [1.165, 1.54) is 11.2 Å². The molecule has 2 aromatic heterocycles. The van der Waals surface area contributed by atoms with Crippen LogP contribution in [0.5, 0.6) is 0 Å². The summed E-state index contributed by atoms with van der Waals surface area (Å²) < 4.78 is 4.27. The lowest BCUT2D eigenvalue weighted by molar-refractivity contribution is 0.620. The molecule has 98 valence electrons. The Bertz CT molecular complexity index is 693. The molecule has 0 saturated carbocycles. The van der Waals surface area contributed by atoms with Gasteiger partial charge in [0.15, 0.2) is 0 Å². The summed E-state index contributed by atoms with van der Waals surface area (Å²) in [6.07, 6.45) is 2.06. The van der Waals surface area contributed by atoms with Crippen molar-refractivity contribution in [2.24, 2.45) is 14.1 Å². The summed E-state index contributed by atoms with van der Waals surface area (Å²) in [5.74, 6) is 1.07. The van der Waals surface area contributed by atoms with E-state index in [1.807, 2.05) is 12.1 Å². The third-order valence-electron chi connectivity index (χ3n) is 3.52. The van der Waals surface area contributed by atoms with E-state index < -0.39 is 0 Å². The minimum atomic E-state index is 0.774. The van der Waals surface area contributed by atoms with Crippen molar-refractivity contribution in [3.8, 4) is 0 Å². The van der Waals surface area contributed by atoms with Crippen molar-refractivity contribution in [2.75, 3.05) is 0 Å². The summed E-state index contributed by atoms with van der Waals surface area (Å²) >= 11 is 0. The Morgan fingerprint density at radius 1 is 1.05 bits per heavy atom. The standard InChI is InChI=1S/C15H18N4/c1-18-9-5-6-12(18)10-16-11-15-17-13-7-3-4-8-14(13)19(15)2/h3-9,16H,10-11H2,1-2H3. The molecular weight excluding hydrogens is 236 g/mol. The van der Waals surface area contributed by atoms with Crippen molar-refractivity contribution in [1.29, 1.82) is 0 Å². The molecule has 1 N–H and O–H groups in total. The van der Waals surface area contributed by atoms with E-state index in [-0.39, 0.29) is 0 Å². The molecule has 3 aromatic rings. The van der Waals surface area contributed by atoms with Gasteiger partial charge in [0.2, 0.25) is 0 Å². The van der Waals surface area contributed by atoms with Crippen molar-refractivity contribution in [1.82, 2.24) is 19.4 Å². The molecule has 2 heterocycles. The predicted molar refractivity (Wildman–Crippen MR) is 76.7 cm³/mol. The van der Waals surface area contributed by atoms with Gasteiger partial charge in [0.1, 0.15) is 5.82 Å². The number of hydrogen-bond donors (Lipinski definition) is 1. The molecule has 4 nitrogen and oxygen atoms in total. The molecule has 1 aromatic carbocycles. The van der Waals surface area contributed by atoms with Crippen LogP contribution in [-0.4, -0.2) is 14.1 Å². The van der Waals surface area contributed by atoms with Gasteiger partial charge in [0.25, 0.3) is 0 Å². The fraction of sp³-hybridized carbons (Fsp3) is 0.267. The maximum Gasteiger partial charge on any atom is 0.123 e. The van der Waals surface area contributed by atoms with E-state index in [0.717, 1.165) is 24.4 Å². The highest BCUT2D eigenvalue weighted by Crippen LogP contribution is 2.14. The Morgan fingerprint density at radius 3 is 2.63 bits per heavy atom. The molecular formula is C15H18N4. The summed E-state index contributed by atoms with van der Waals surface area (Å²) in [6.45, 7) is 1.63. The highest BCUT2D eigenvalue weighted by Gasteiger charge is 2.06. The third-order valence-corrected chi connectivity index (χ3v) is 3.52. The summed E-state index contributed by atoms with van der Waals surface area (Å²) in [5.41, 5.74) is 3.51. The first kappa shape index (κ1) is 12.0. The average Bonchev–Trinajstić information content (AvgIpc) is 2.96. The molecule has 3 rings (SSSR count). The van der Waals surface area contributed by atoms with Crippen molar-refractivity contribution in [2.45, 2.75) is 13.1 Å². The van der Waals surface area contributed by atoms with Gasteiger partial charge in [-0.2, -0.15) is 0 Å². The lowest BCUT2D eigenvalue weighted by Gasteiger charge is -2.06. The van der Waals surface area contributed by atoms with E-state index in [0.29, 0.717) is 0 Å². The molecule has 0 unspecified atom stereocenters. The number of hydrogen-bond acceptors (Lipinski definition) is 2. The number of nitrogens with one attached hydrogen (secondary N) is 1. The normalized spacial score (nSPS) is 11.3. The van der Waals surface area contributed by atoms with E-state index in [4.69, 9.17) is 0 Å². The minimum absolute atomic E-state index is 0.774. The molecule has 0 fully saturated rings. The van der Waals surface area contributed by atoms with Crippen molar-refractivity contribution in [3.63, 3.8) is 0 Å². The smallest absolute Gasteiger partial charge is 0.123 e. The Kier molecular flexibility index (Phi) is 3.09. The van der Waals surface area contributed by atoms with Crippen LogP contribution < -0.4 is 5.32 Å². The molecule has 0 amide bonds. The Labute approximate surface area is 112 Å². The number of aromatic nitrogens is 3.